The van der Waals surface area contributed by atoms with E-state index in [9.17, 15) is 24.3 Å². The molecule has 4 amide bonds. The molecule has 0 spiro atoms. The molecule has 1 aromatic heterocycles. The molecule has 0 bridgehead atoms. The third-order valence-corrected chi connectivity index (χ3v) is 6.86. The van der Waals surface area contributed by atoms with Gasteiger partial charge in [-0.05, 0) is 29.0 Å². The van der Waals surface area contributed by atoms with Crippen molar-refractivity contribution in [1.29, 1.82) is 0 Å². The summed E-state index contributed by atoms with van der Waals surface area (Å²) in [7, 11) is 3.95. The van der Waals surface area contributed by atoms with Crippen molar-refractivity contribution in [1.82, 2.24) is 36.2 Å². The highest BCUT2D eigenvalue weighted by atomic mass is 19.1. The van der Waals surface area contributed by atoms with Gasteiger partial charge in [-0.25, -0.2) is 23.4 Å². The molecule has 3 atom stereocenters. The van der Waals surface area contributed by atoms with Gasteiger partial charge in [-0.3, -0.25) is 19.7 Å². The van der Waals surface area contributed by atoms with Gasteiger partial charge in [0.1, 0.15) is 23.7 Å². The van der Waals surface area contributed by atoms with E-state index < -0.39 is 83.3 Å². The second-order valence-corrected chi connectivity index (χ2v) is 12.9. The van der Waals surface area contributed by atoms with E-state index >= 15 is 8.78 Å². The number of halogens is 2. The molecule has 1 heterocycles. The molecule has 16 heteroatoms. The zero-order valence-corrected chi connectivity index (χ0v) is 27.7. The molecule has 0 radical (unpaired) electrons. The van der Waals surface area contributed by atoms with Crippen LogP contribution in [0.3, 0.4) is 0 Å². The van der Waals surface area contributed by atoms with E-state index in [-0.39, 0.29) is 12.1 Å². The number of aliphatic hydroxyl groups is 1. The number of hydrogen-bond acceptors (Lipinski definition) is 9. The smallest absolute Gasteiger partial charge is 0.407 e. The number of hydrogen-bond donors (Lipinski definition) is 5. The second-order valence-electron chi connectivity index (χ2n) is 12.9. The van der Waals surface area contributed by atoms with Gasteiger partial charge in [0, 0.05) is 44.0 Å². The maximum atomic E-state index is 15.3. The maximum Gasteiger partial charge on any atom is 0.407 e. The van der Waals surface area contributed by atoms with Crippen LogP contribution >= 0.6 is 0 Å². The monoisotopic (exact) mass is 653 g/mol. The molecule has 0 aliphatic heterocycles. The zero-order chi connectivity index (χ0) is 35.0. The quantitative estimate of drug-likeness (QED) is 0.215. The van der Waals surface area contributed by atoms with Crippen molar-refractivity contribution in [2.24, 2.45) is 17.9 Å². The molecule has 5 N–H and O–H groups in total. The van der Waals surface area contributed by atoms with E-state index in [1.165, 1.54) is 4.68 Å². The van der Waals surface area contributed by atoms with Gasteiger partial charge < -0.3 is 30.5 Å². The average Bonchev–Trinajstić information content (AvgIpc) is 3.39. The number of carbonyl (C=O) groups is 4. The van der Waals surface area contributed by atoms with Crippen LogP contribution in [-0.2, 0) is 32.7 Å². The highest BCUT2D eigenvalue weighted by molar-refractivity contribution is 5.87. The first kappa shape index (κ1) is 37.9. The molecule has 46 heavy (non-hydrogen) atoms. The van der Waals surface area contributed by atoms with Gasteiger partial charge in [-0.15, -0.1) is 0 Å². The number of aromatic nitrogens is 2. The van der Waals surface area contributed by atoms with Crippen LogP contribution in [-0.4, -0.2) is 89.4 Å². The Hall–Kier alpha value is -4.31. The summed E-state index contributed by atoms with van der Waals surface area (Å²) in [6.45, 7) is 8.91. The van der Waals surface area contributed by atoms with Crippen LogP contribution in [0.25, 0.3) is 11.3 Å². The molecular weight excluding hydrogens is 608 g/mol. The van der Waals surface area contributed by atoms with E-state index in [0.717, 1.165) is 31.4 Å². The maximum absolute atomic E-state index is 15.3. The third kappa shape index (κ3) is 10.9. The number of methoxy groups -OCH3 is 2. The summed E-state index contributed by atoms with van der Waals surface area (Å²) in [6, 6.07) is 1.62. The molecule has 256 valence electrons. The summed E-state index contributed by atoms with van der Waals surface area (Å²) >= 11 is 0. The van der Waals surface area contributed by atoms with E-state index in [2.05, 4.69) is 35.9 Å². The number of benzene rings is 1. The lowest BCUT2D eigenvalue weighted by atomic mass is 9.86. The number of aliphatic hydroxyl groups excluding tert-OH is 1. The SMILES string of the molecule is COC(=O)NC(C(=O)NC[C@@H](O)CN(Cc1c(F)cc(-c2ccn(C)n2)cc1F)NC(=O)[C@@H](NC(=O)OC)C(C)(C)C)C(C)(C)C. The number of nitrogens with one attached hydrogen (secondary N) is 4. The Labute approximate surface area is 267 Å². The molecule has 1 unspecified atom stereocenters. The van der Waals surface area contributed by atoms with Crippen molar-refractivity contribution >= 4 is 24.0 Å². The van der Waals surface area contributed by atoms with Crippen molar-refractivity contribution in [3.05, 3.63) is 41.6 Å². The molecular formula is C30H45F2N7O7. The first-order chi connectivity index (χ1) is 21.3. The predicted molar refractivity (Wildman–Crippen MR) is 164 cm³/mol. The van der Waals surface area contributed by atoms with Gasteiger partial charge in [-0.2, -0.15) is 5.10 Å². The Kier molecular flexibility index (Phi) is 13.0. The molecule has 0 saturated carbocycles. The van der Waals surface area contributed by atoms with E-state index in [4.69, 9.17) is 0 Å². The van der Waals surface area contributed by atoms with Gasteiger partial charge in [0.25, 0.3) is 5.91 Å². The van der Waals surface area contributed by atoms with Crippen LogP contribution in [0.2, 0.25) is 0 Å². The summed E-state index contributed by atoms with van der Waals surface area (Å²) < 4.78 is 41.4. The Morgan fingerprint density at radius 2 is 1.43 bits per heavy atom. The molecule has 0 aliphatic carbocycles. The van der Waals surface area contributed by atoms with Crippen LogP contribution in [0.4, 0.5) is 18.4 Å². The highest BCUT2D eigenvalue weighted by Crippen LogP contribution is 2.25. The van der Waals surface area contributed by atoms with Crippen LogP contribution in [0, 0.1) is 22.5 Å². The fourth-order valence-corrected chi connectivity index (χ4v) is 4.38. The number of alkyl carbamates (subject to hydrolysis) is 2. The van der Waals surface area contributed by atoms with Crippen molar-refractivity contribution in [3.63, 3.8) is 0 Å². The summed E-state index contributed by atoms with van der Waals surface area (Å²) in [4.78, 5) is 50.1. The van der Waals surface area contributed by atoms with E-state index in [1.54, 1.807) is 60.9 Å². The third-order valence-electron chi connectivity index (χ3n) is 6.86. The molecule has 1 aromatic carbocycles. The number of aryl methyl sites for hydroxylation is 1. The number of rotatable bonds is 12. The molecule has 0 fully saturated rings. The van der Waals surface area contributed by atoms with Gasteiger partial charge >= 0.3 is 12.2 Å². The summed E-state index contributed by atoms with van der Waals surface area (Å²) in [6.07, 6.45) is -1.44. The fraction of sp³-hybridized carbons (Fsp3) is 0.567. The van der Waals surface area contributed by atoms with Crippen LogP contribution in [0.1, 0.15) is 47.1 Å². The first-order valence-electron chi connectivity index (χ1n) is 14.4. The van der Waals surface area contributed by atoms with Crippen molar-refractivity contribution in [2.45, 2.75) is 66.3 Å². The minimum atomic E-state index is -1.37. The average molecular weight is 654 g/mol. The number of amides is 4. The molecule has 0 saturated heterocycles. The largest absolute Gasteiger partial charge is 0.453 e. The molecule has 2 rings (SSSR count). The summed E-state index contributed by atoms with van der Waals surface area (Å²) in [5, 5.41) is 23.6. The summed E-state index contributed by atoms with van der Waals surface area (Å²) in [5.41, 5.74) is 1.11. The van der Waals surface area contributed by atoms with Crippen LogP contribution in [0.5, 0.6) is 0 Å². The molecule has 0 aliphatic rings. The van der Waals surface area contributed by atoms with Crippen molar-refractivity contribution in [2.75, 3.05) is 27.3 Å². The Bertz CT molecular complexity index is 1370. The van der Waals surface area contributed by atoms with Crippen molar-refractivity contribution < 1.29 is 42.5 Å². The Morgan fingerprint density at radius 1 is 0.935 bits per heavy atom. The Balaban J connectivity index is 2.34. The van der Waals surface area contributed by atoms with Gasteiger partial charge in [0.15, 0.2) is 0 Å². The minimum absolute atomic E-state index is 0.196. The second kappa shape index (κ2) is 15.8. The van der Waals surface area contributed by atoms with E-state index in [1.807, 2.05) is 0 Å². The summed E-state index contributed by atoms with van der Waals surface area (Å²) in [5.74, 6) is -3.23. The number of hydrazine groups is 1. The predicted octanol–water partition coefficient (Wildman–Crippen LogP) is 2.22. The van der Waals surface area contributed by atoms with E-state index in [0.29, 0.717) is 5.69 Å². The first-order valence-corrected chi connectivity index (χ1v) is 14.4. The van der Waals surface area contributed by atoms with Gasteiger partial charge in [0.2, 0.25) is 5.91 Å². The number of ether oxygens (including phenoxy) is 2. The standard InChI is InChI=1S/C30H45F2N7O7/c1-29(2,3)23(34-27(43)45-8)25(41)33-14-18(40)15-39(37-26(42)24(30(4,5)6)35-28(44)46-9)16-19-20(31)12-17(13-21(19)32)22-10-11-38(7)36-22/h10-13,18,23-24,40H,14-16H2,1-9H3,(H,33,41)(H,34,43)(H,35,44)(H,37,42)/t18-,23?,24-/m1/s1. The van der Waals surface area contributed by atoms with Gasteiger partial charge in [-0.1, -0.05) is 41.5 Å². The molecule has 14 nitrogen and oxygen atoms in total. The normalized spacial score (nSPS) is 13.8. The highest BCUT2D eigenvalue weighted by Gasteiger charge is 2.36. The lowest BCUT2D eigenvalue weighted by Gasteiger charge is -2.33. The Morgan fingerprint density at radius 3 is 1.87 bits per heavy atom. The lowest BCUT2D eigenvalue weighted by Crippen LogP contribution is -2.58. The number of carbonyl (C=O) groups excluding carboxylic acids is 4. The van der Waals surface area contributed by atoms with Crippen LogP contribution < -0.4 is 21.4 Å². The number of nitrogens with zero attached hydrogens (tertiary/aromatic N) is 3. The topological polar surface area (TPSA) is 176 Å². The van der Waals surface area contributed by atoms with Gasteiger partial charge in [0.05, 0.1) is 26.0 Å². The molecule has 2 aromatic rings. The lowest BCUT2D eigenvalue weighted by molar-refractivity contribution is -0.132. The zero-order valence-electron chi connectivity index (χ0n) is 27.7. The fourth-order valence-electron chi connectivity index (χ4n) is 4.38. The minimum Gasteiger partial charge on any atom is -0.453 e. The van der Waals surface area contributed by atoms with Crippen LogP contribution in [0.15, 0.2) is 24.4 Å². The van der Waals surface area contributed by atoms with Crippen molar-refractivity contribution in [3.8, 4) is 11.3 Å².